The quantitative estimate of drug-likeness (QED) is 0.289. The highest BCUT2D eigenvalue weighted by Crippen LogP contribution is 2.13. The lowest BCUT2D eigenvalue weighted by Crippen LogP contribution is -2.39. The third-order valence-corrected chi connectivity index (χ3v) is 5.35. The number of nitrogens with one attached hydrogen (secondary N) is 1. The molecule has 1 heterocycles. The minimum Gasteiger partial charge on any atom is -0.385 e. The van der Waals surface area contributed by atoms with Gasteiger partial charge in [0.05, 0.1) is 6.54 Å². The fourth-order valence-corrected chi connectivity index (χ4v) is 3.57. The summed E-state index contributed by atoms with van der Waals surface area (Å²) in [6.45, 7) is 5.10. The summed E-state index contributed by atoms with van der Waals surface area (Å²) in [4.78, 5) is 26.6. The molecule has 0 spiro atoms. The minimum atomic E-state index is -0.266. The smallest absolute Gasteiger partial charge is 0.245 e. The maximum absolute atomic E-state index is 12.7. The second-order valence-corrected chi connectivity index (χ2v) is 8.32. The Morgan fingerprint density at radius 2 is 1.61 bits per heavy atom. The molecule has 0 aliphatic carbocycles. The molecule has 0 unspecified atom stereocenters. The number of hydrogen-bond acceptors (Lipinski definition) is 5. The van der Waals surface area contributed by atoms with E-state index in [9.17, 15) is 9.59 Å². The molecule has 31 heavy (non-hydrogen) atoms. The van der Waals surface area contributed by atoms with Gasteiger partial charge >= 0.3 is 0 Å². The van der Waals surface area contributed by atoms with Crippen LogP contribution < -0.4 is 5.32 Å². The fraction of sp³-hybridized carbons (Fsp3) is 0.792. The number of anilines is 1. The molecule has 0 aliphatic rings. The Balaban J connectivity index is 2.24. The zero-order valence-electron chi connectivity index (χ0n) is 19.9. The monoisotopic (exact) mass is 437 g/mol. The highest BCUT2D eigenvalue weighted by molar-refractivity contribution is 5.93. The van der Waals surface area contributed by atoms with E-state index in [0.29, 0.717) is 37.6 Å². The van der Waals surface area contributed by atoms with Gasteiger partial charge in [0.15, 0.2) is 5.82 Å². The van der Waals surface area contributed by atoms with Crippen molar-refractivity contribution in [3.8, 4) is 0 Å². The van der Waals surface area contributed by atoms with Gasteiger partial charge in [0.1, 0.15) is 5.76 Å². The minimum absolute atomic E-state index is 0.0203. The standard InChI is InChI=1S/C24H43N3O4/c1-4-5-6-7-8-9-10-11-12-13-14-16-24(29)27(17-15-18-30-3)20-23(28)25-22-19-21(2)31-26-22/h19H,4-18,20H2,1-3H3,(H,25,26,28). The van der Waals surface area contributed by atoms with Crippen molar-refractivity contribution in [2.24, 2.45) is 0 Å². The van der Waals surface area contributed by atoms with Crippen molar-refractivity contribution in [2.45, 2.75) is 97.3 Å². The molecule has 1 aromatic heterocycles. The highest BCUT2D eigenvalue weighted by Gasteiger charge is 2.17. The van der Waals surface area contributed by atoms with Gasteiger partial charge in [0, 0.05) is 32.7 Å². The summed E-state index contributed by atoms with van der Waals surface area (Å²) in [5, 5.41) is 6.44. The van der Waals surface area contributed by atoms with Crippen LogP contribution in [0.4, 0.5) is 5.82 Å². The van der Waals surface area contributed by atoms with Gasteiger partial charge in [-0.1, -0.05) is 76.3 Å². The Bertz CT molecular complexity index is 603. The normalized spacial score (nSPS) is 10.9. The van der Waals surface area contributed by atoms with E-state index >= 15 is 0 Å². The van der Waals surface area contributed by atoms with E-state index in [4.69, 9.17) is 9.26 Å². The molecule has 0 radical (unpaired) electrons. The van der Waals surface area contributed by atoms with Crippen molar-refractivity contribution in [1.29, 1.82) is 0 Å². The maximum Gasteiger partial charge on any atom is 0.245 e. The van der Waals surface area contributed by atoms with Gasteiger partial charge in [-0.15, -0.1) is 0 Å². The first-order valence-corrected chi connectivity index (χ1v) is 12.1. The molecule has 2 amide bonds. The molecule has 1 N–H and O–H groups in total. The van der Waals surface area contributed by atoms with Crippen LogP contribution in [0.1, 0.15) is 96.2 Å². The van der Waals surface area contributed by atoms with Gasteiger partial charge in [0.2, 0.25) is 11.8 Å². The largest absolute Gasteiger partial charge is 0.385 e. The van der Waals surface area contributed by atoms with Crippen LogP contribution in [0, 0.1) is 6.92 Å². The Hall–Kier alpha value is -1.89. The highest BCUT2D eigenvalue weighted by atomic mass is 16.5. The molecule has 0 aliphatic heterocycles. The third-order valence-electron chi connectivity index (χ3n) is 5.35. The summed E-state index contributed by atoms with van der Waals surface area (Å²) < 4.78 is 10.0. The number of hydrogen-bond donors (Lipinski definition) is 1. The van der Waals surface area contributed by atoms with Crippen molar-refractivity contribution in [2.75, 3.05) is 32.1 Å². The van der Waals surface area contributed by atoms with Crippen LogP contribution in [0.3, 0.4) is 0 Å². The van der Waals surface area contributed by atoms with Crippen molar-refractivity contribution < 1.29 is 18.8 Å². The number of methoxy groups -OCH3 is 1. The number of unbranched alkanes of at least 4 members (excludes halogenated alkanes) is 10. The van der Waals surface area contributed by atoms with Gasteiger partial charge in [-0.2, -0.15) is 0 Å². The number of aryl methyl sites for hydroxylation is 1. The lowest BCUT2D eigenvalue weighted by Gasteiger charge is -2.22. The van der Waals surface area contributed by atoms with E-state index in [2.05, 4.69) is 17.4 Å². The zero-order valence-corrected chi connectivity index (χ0v) is 19.9. The van der Waals surface area contributed by atoms with Crippen molar-refractivity contribution in [1.82, 2.24) is 10.1 Å². The lowest BCUT2D eigenvalue weighted by molar-refractivity contribution is -0.135. The van der Waals surface area contributed by atoms with Gasteiger partial charge in [-0.25, -0.2) is 0 Å². The molecule has 0 saturated heterocycles. The average molecular weight is 438 g/mol. The van der Waals surface area contributed by atoms with Gasteiger partial charge < -0.3 is 19.5 Å². The lowest BCUT2D eigenvalue weighted by atomic mass is 10.1. The number of rotatable bonds is 19. The van der Waals surface area contributed by atoms with E-state index in [1.165, 1.54) is 57.8 Å². The first kappa shape index (κ1) is 27.1. The number of nitrogens with zero attached hydrogens (tertiary/aromatic N) is 2. The van der Waals surface area contributed by atoms with E-state index < -0.39 is 0 Å². The summed E-state index contributed by atoms with van der Waals surface area (Å²) >= 11 is 0. The molecule has 178 valence electrons. The number of carbonyl (C=O) groups is 2. The molecule has 0 fully saturated rings. The second-order valence-electron chi connectivity index (χ2n) is 8.32. The first-order valence-electron chi connectivity index (χ1n) is 12.1. The molecule has 1 aromatic rings. The average Bonchev–Trinajstić information content (AvgIpc) is 3.15. The summed E-state index contributed by atoms with van der Waals surface area (Å²) in [6, 6.07) is 1.65. The van der Waals surface area contributed by atoms with E-state index in [1.54, 1.807) is 25.0 Å². The number of ether oxygens (including phenoxy) is 1. The molecule has 0 bridgehead atoms. The number of aromatic nitrogens is 1. The van der Waals surface area contributed by atoms with Crippen LogP contribution in [0.15, 0.2) is 10.6 Å². The van der Waals surface area contributed by atoms with Crippen molar-refractivity contribution in [3.05, 3.63) is 11.8 Å². The third kappa shape index (κ3) is 13.9. The Morgan fingerprint density at radius 3 is 2.16 bits per heavy atom. The van der Waals surface area contributed by atoms with Crippen molar-refractivity contribution >= 4 is 17.6 Å². The molecular formula is C24H43N3O4. The Kier molecular flexibility index (Phi) is 15.5. The molecule has 1 rings (SSSR count). The molecule has 0 saturated carbocycles. The fourth-order valence-electron chi connectivity index (χ4n) is 3.57. The predicted octanol–water partition coefficient (Wildman–Crippen LogP) is 5.49. The summed E-state index contributed by atoms with van der Waals surface area (Å²) in [7, 11) is 1.64. The van der Waals surface area contributed by atoms with Gasteiger partial charge in [-0.05, 0) is 19.8 Å². The second kappa shape index (κ2) is 17.8. The Labute approximate surface area is 188 Å². The molecule has 7 heteroatoms. The topological polar surface area (TPSA) is 84.7 Å². The first-order chi connectivity index (χ1) is 15.1. The van der Waals surface area contributed by atoms with Crippen LogP contribution in [-0.2, 0) is 14.3 Å². The van der Waals surface area contributed by atoms with Crippen LogP contribution in [0.5, 0.6) is 0 Å². The number of carbonyl (C=O) groups excluding carboxylic acids is 2. The van der Waals surface area contributed by atoms with Crippen LogP contribution in [0.2, 0.25) is 0 Å². The zero-order chi connectivity index (χ0) is 22.7. The summed E-state index contributed by atoms with van der Waals surface area (Å²) in [5.74, 6) is 0.758. The van der Waals surface area contributed by atoms with E-state index in [0.717, 1.165) is 12.8 Å². The maximum atomic E-state index is 12.7. The van der Waals surface area contributed by atoms with Crippen LogP contribution in [0.25, 0.3) is 0 Å². The summed E-state index contributed by atoms with van der Waals surface area (Å²) in [5.41, 5.74) is 0. The molecular weight excluding hydrogens is 394 g/mol. The predicted molar refractivity (Wildman–Crippen MR) is 124 cm³/mol. The van der Waals surface area contributed by atoms with Crippen molar-refractivity contribution in [3.63, 3.8) is 0 Å². The molecule has 0 atom stereocenters. The Morgan fingerprint density at radius 1 is 1.00 bits per heavy atom. The van der Waals surface area contributed by atoms with Gasteiger partial charge in [-0.3, -0.25) is 9.59 Å². The van der Waals surface area contributed by atoms with Crippen LogP contribution in [-0.4, -0.2) is 48.7 Å². The number of amides is 2. The molecule has 7 nitrogen and oxygen atoms in total. The van der Waals surface area contributed by atoms with Gasteiger partial charge in [0.25, 0.3) is 0 Å². The van der Waals surface area contributed by atoms with E-state index in [-0.39, 0.29) is 18.4 Å². The van der Waals surface area contributed by atoms with Crippen LogP contribution >= 0.6 is 0 Å². The molecule has 0 aromatic carbocycles. The van der Waals surface area contributed by atoms with E-state index in [1.807, 2.05) is 0 Å². The summed E-state index contributed by atoms with van der Waals surface area (Å²) in [6.07, 6.45) is 14.9. The SMILES string of the molecule is CCCCCCCCCCCCCC(=O)N(CCCOC)CC(=O)Nc1cc(C)on1.